The zero-order chi connectivity index (χ0) is 15.4. The molecule has 5 nitrogen and oxygen atoms in total. The second-order valence-electron chi connectivity index (χ2n) is 4.96. The van der Waals surface area contributed by atoms with Crippen molar-refractivity contribution < 1.29 is 32.3 Å². The van der Waals surface area contributed by atoms with Crippen molar-refractivity contribution >= 4 is 17.7 Å². The maximum atomic E-state index is 12.1. The Morgan fingerprint density at radius 2 is 1.63 bits per heavy atom. The van der Waals surface area contributed by atoms with E-state index in [1.165, 1.54) is 26.1 Å². The van der Waals surface area contributed by atoms with Crippen LogP contribution in [0.15, 0.2) is 0 Å². The maximum Gasteiger partial charge on any atom is 0.471 e. The number of rotatable bonds is 4. The fraction of sp³-hybridized carbons (Fsp3) is 0.727. The van der Waals surface area contributed by atoms with E-state index in [4.69, 9.17) is 4.74 Å². The van der Waals surface area contributed by atoms with Crippen molar-refractivity contribution in [3.8, 4) is 0 Å². The van der Waals surface area contributed by atoms with Crippen LogP contribution in [0.4, 0.5) is 13.2 Å². The zero-order valence-corrected chi connectivity index (χ0v) is 11.1. The first kappa shape index (κ1) is 17.4. The second kappa shape index (κ2) is 6.03. The largest absolute Gasteiger partial charge is 0.471 e. The minimum Gasteiger partial charge on any atom is -0.458 e. The Morgan fingerprint density at radius 1 is 1.16 bits per heavy atom. The van der Waals surface area contributed by atoms with E-state index in [9.17, 15) is 27.6 Å². The van der Waals surface area contributed by atoms with Gasteiger partial charge in [-0.1, -0.05) is 0 Å². The summed E-state index contributed by atoms with van der Waals surface area (Å²) >= 11 is 0. The highest BCUT2D eigenvalue weighted by molar-refractivity contribution is 5.91. The van der Waals surface area contributed by atoms with Gasteiger partial charge in [0.15, 0.2) is 0 Å². The van der Waals surface area contributed by atoms with Crippen molar-refractivity contribution in [3.63, 3.8) is 0 Å². The molecule has 0 saturated carbocycles. The summed E-state index contributed by atoms with van der Waals surface area (Å²) in [6, 6.07) is -1.65. The van der Waals surface area contributed by atoms with Crippen molar-refractivity contribution in [1.29, 1.82) is 0 Å². The van der Waals surface area contributed by atoms with Crippen LogP contribution in [0.3, 0.4) is 0 Å². The predicted molar refractivity (Wildman–Crippen MR) is 59.1 cm³/mol. The summed E-state index contributed by atoms with van der Waals surface area (Å²) in [4.78, 5) is 33.3. The summed E-state index contributed by atoms with van der Waals surface area (Å²) in [7, 11) is 0. The summed E-state index contributed by atoms with van der Waals surface area (Å²) in [5.41, 5.74) is -0.935. The molecule has 19 heavy (non-hydrogen) atoms. The monoisotopic (exact) mass is 283 g/mol. The lowest BCUT2D eigenvalue weighted by molar-refractivity contribution is -0.177. The number of hydrogen-bond donors (Lipinski definition) is 1. The van der Waals surface area contributed by atoms with Gasteiger partial charge in [-0.05, 0) is 27.7 Å². The van der Waals surface area contributed by atoms with Crippen molar-refractivity contribution in [2.45, 2.75) is 51.9 Å². The van der Waals surface area contributed by atoms with Gasteiger partial charge in [-0.15, -0.1) is 0 Å². The van der Waals surface area contributed by atoms with Crippen LogP contribution in [0.25, 0.3) is 0 Å². The van der Waals surface area contributed by atoms with Crippen molar-refractivity contribution in [2.75, 3.05) is 0 Å². The Bertz CT molecular complexity index is 371. The first-order valence-corrected chi connectivity index (χ1v) is 5.43. The fourth-order valence-corrected chi connectivity index (χ4v) is 1.09. The molecule has 8 heteroatoms. The molecule has 1 amide bonds. The molecule has 0 spiro atoms. The standard InChI is InChI=1S/C11H16F3NO4/c1-6(16)5-7(8(17)19-10(2,3)4)15-9(18)11(12,13)14/h7H,5H2,1-4H3,(H,15,18). The smallest absolute Gasteiger partial charge is 0.458 e. The Kier molecular flexibility index (Phi) is 5.52. The van der Waals surface area contributed by atoms with Gasteiger partial charge in [0.2, 0.25) is 0 Å². The number of ether oxygens (including phenoxy) is 1. The van der Waals surface area contributed by atoms with Crippen LogP contribution in [0.1, 0.15) is 34.1 Å². The molecule has 0 heterocycles. The van der Waals surface area contributed by atoms with Crippen LogP contribution in [-0.4, -0.2) is 35.5 Å². The molecule has 0 aliphatic carbocycles. The van der Waals surface area contributed by atoms with Crippen LogP contribution in [-0.2, 0) is 19.1 Å². The van der Waals surface area contributed by atoms with E-state index in [2.05, 4.69) is 0 Å². The van der Waals surface area contributed by atoms with Crippen LogP contribution < -0.4 is 5.32 Å². The lowest BCUT2D eigenvalue weighted by atomic mass is 10.1. The number of esters is 1. The van der Waals surface area contributed by atoms with Gasteiger partial charge >= 0.3 is 18.1 Å². The molecule has 0 rings (SSSR count). The number of ketones is 1. The minimum absolute atomic E-state index is 0.543. The van der Waals surface area contributed by atoms with Crippen LogP contribution in [0.2, 0.25) is 0 Å². The fourth-order valence-electron chi connectivity index (χ4n) is 1.09. The van der Waals surface area contributed by atoms with Gasteiger partial charge in [-0.25, -0.2) is 4.79 Å². The quantitative estimate of drug-likeness (QED) is 0.791. The average Bonchev–Trinajstić information content (AvgIpc) is 2.11. The summed E-state index contributed by atoms with van der Waals surface area (Å²) in [6.07, 6.45) is -5.69. The van der Waals surface area contributed by atoms with Gasteiger partial charge < -0.3 is 10.1 Å². The van der Waals surface area contributed by atoms with Gasteiger partial charge in [0, 0.05) is 6.42 Å². The van der Waals surface area contributed by atoms with Crippen molar-refractivity contribution in [1.82, 2.24) is 5.32 Å². The number of nitrogens with one attached hydrogen (secondary N) is 1. The van der Waals surface area contributed by atoms with Gasteiger partial charge in [-0.2, -0.15) is 13.2 Å². The Labute approximate surface area is 108 Å². The highest BCUT2D eigenvalue weighted by Crippen LogP contribution is 2.16. The lowest BCUT2D eigenvalue weighted by Crippen LogP contribution is -2.49. The third-order valence-electron chi connectivity index (χ3n) is 1.75. The number of alkyl halides is 3. The Balaban J connectivity index is 4.87. The third kappa shape index (κ3) is 7.43. The Morgan fingerprint density at radius 3 is 1.95 bits per heavy atom. The molecule has 0 saturated heterocycles. The molecular formula is C11H16F3NO4. The van der Waals surface area contributed by atoms with Crippen molar-refractivity contribution in [3.05, 3.63) is 0 Å². The molecule has 0 fully saturated rings. The SMILES string of the molecule is CC(=O)CC(NC(=O)C(F)(F)F)C(=O)OC(C)(C)C. The number of carbonyl (C=O) groups excluding carboxylic acids is 3. The summed E-state index contributed by atoms with van der Waals surface area (Å²) in [5, 5.41) is 1.45. The summed E-state index contributed by atoms with van der Waals surface area (Å²) < 4.78 is 41.1. The number of amides is 1. The first-order valence-electron chi connectivity index (χ1n) is 5.43. The molecule has 1 atom stereocenters. The molecule has 1 unspecified atom stereocenters. The number of halogens is 3. The predicted octanol–water partition coefficient (Wildman–Crippen LogP) is 1.35. The molecule has 0 radical (unpaired) electrons. The Hall–Kier alpha value is -1.60. The molecule has 0 aromatic rings. The number of carbonyl (C=O) groups is 3. The third-order valence-corrected chi connectivity index (χ3v) is 1.75. The number of hydrogen-bond acceptors (Lipinski definition) is 4. The van der Waals surface area contributed by atoms with E-state index in [0.29, 0.717) is 0 Å². The zero-order valence-electron chi connectivity index (χ0n) is 11.1. The van der Waals surface area contributed by atoms with Gasteiger partial charge in [-0.3, -0.25) is 9.59 Å². The minimum atomic E-state index is -5.13. The van der Waals surface area contributed by atoms with Crippen LogP contribution >= 0.6 is 0 Å². The summed E-state index contributed by atoms with van der Waals surface area (Å²) in [5.74, 6) is -3.91. The van der Waals surface area contributed by atoms with E-state index in [0.717, 1.165) is 6.92 Å². The van der Waals surface area contributed by atoms with E-state index < -0.39 is 41.9 Å². The molecule has 0 aliphatic rings. The highest BCUT2D eigenvalue weighted by atomic mass is 19.4. The normalized spacial score (nSPS) is 13.6. The molecule has 0 aromatic heterocycles. The van der Waals surface area contributed by atoms with Crippen LogP contribution in [0.5, 0.6) is 0 Å². The second-order valence-corrected chi connectivity index (χ2v) is 4.96. The molecular weight excluding hydrogens is 267 g/mol. The molecule has 110 valence electrons. The van der Waals surface area contributed by atoms with E-state index in [1.807, 2.05) is 0 Å². The van der Waals surface area contributed by atoms with Crippen LogP contribution in [0, 0.1) is 0 Å². The topological polar surface area (TPSA) is 72.5 Å². The van der Waals surface area contributed by atoms with Gasteiger partial charge in [0.25, 0.3) is 0 Å². The van der Waals surface area contributed by atoms with Crippen molar-refractivity contribution in [2.24, 2.45) is 0 Å². The molecule has 0 aromatic carbocycles. The maximum absolute atomic E-state index is 12.1. The number of Topliss-reactive ketones (excluding diaryl/α,β-unsaturated/α-hetero) is 1. The first-order chi connectivity index (χ1) is 8.33. The van der Waals surface area contributed by atoms with Gasteiger partial charge in [0.1, 0.15) is 17.4 Å². The average molecular weight is 283 g/mol. The highest BCUT2D eigenvalue weighted by Gasteiger charge is 2.41. The molecule has 1 N–H and O–H groups in total. The lowest BCUT2D eigenvalue weighted by Gasteiger charge is -2.24. The summed E-state index contributed by atoms with van der Waals surface area (Å²) in [6.45, 7) is 5.64. The van der Waals surface area contributed by atoms with E-state index >= 15 is 0 Å². The van der Waals surface area contributed by atoms with E-state index in [1.54, 1.807) is 0 Å². The van der Waals surface area contributed by atoms with Gasteiger partial charge in [0.05, 0.1) is 0 Å². The molecule has 0 aliphatic heterocycles. The molecule has 0 bridgehead atoms. The van der Waals surface area contributed by atoms with E-state index in [-0.39, 0.29) is 0 Å².